The molecular weight excluding hydrogens is 212 g/mol. The van der Waals surface area contributed by atoms with Gasteiger partial charge in [0, 0.05) is 12.7 Å². The zero-order valence-electron chi connectivity index (χ0n) is 11.4. The van der Waals surface area contributed by atoms with Crippen molar-refractivity contribution < 1.29 is 5.11 Å². The van der Waals surface area contributed by atoms with Crippen molar-refractivity contribution in [1.29, 1.82) is 0 Å². The predicted molar refractivity (Wildman–Crippen MR) is 68.6 cm³/mol. The largest absolute Gasteiger partial charge is 0.383 e. The smallest absolute Gasteiger partial charge is 0.109 e. The van der Waals surface area contributed by atoms with E-state index in [0.29, 0.717) is 5.92 Å². The van der Waals surface area contributed by atoms with Crippen molar-refractivity contribution in [2.45, 2.75) is 59.1 Å². The van der Waals surface area contributed by atoms with Gasteiger partial charge in [-0.1, -0.05) is 27.7 Å². The summed E-state index contributed by atoms with van der Waals surface area (Å²) in [4.78, 5) is 0. The van der Waals surface area contributed by atoms with E-state index in [1.54, 1.807) is 6.20 Å². The Bertz CT molecular complexity index is 397. The summed E-state index contributed by atoms with van der Waals surface area (Å²) in [5.41, 5.74) is 0.516. The second-order valence-electron chi connectivity index (χ2n) is 6.31. The molecule has 0 spiro atoms. The second kappa shape index (κ2) is 4.13. The molecule has 0 amide bonds. The first-order chi connectivity index (χ1) is 7.89. The number of aliphatic hydroxyl groups is 1. The first-order valence-electron chi connectivity index (χ1n) is 6.64. The van der Waals surface area contributed by atoms with Crippen LogP contribution in [-0.4, -0.2) is 14.9 Å². The third-order valence-electron chi connectivity index (χ3n) is 4.02. The standard InChI is InChI=1S/C14H24N2O/c1-5-8-16-12(6-7-15-16)14(17)10-13(3,4)9-11(14)2/h6-7,11,17H,5,8-10H2,1-4H3. The highest BCUT2D eigenvalue weighted by molar-refractivity contribution is 5.17. The van der Waals surface area contributed by atoms with Gasteiger partial charge in [0.05, 0.1) is 5.69 Å². The van der Waals surface area contributed by atoms with Gasteiger partial charge in [0.2, 0.25) is 0 Å². The molecule has 17 heavy (non-hydrogen) atoms. The minimum atomic E-state index is -0.699. The number of hydrogen-bond donors (Lipinski definition) is 1. The molecule has 1 heterocycles. The van der Waals surface area contributed by atoms with Crippen molar-refractivity contribution in [1.82, 2.24) is 9.78 Å². The Morgan fingerprint density at radius 3 is 2.76 bits per heavy atom. The lowest BCUT2D eigenvalue weighted by Crippen LogP contribution is -2.32. The maximum Gasteiger partial charge on any atom is 0.109 e. The Morgan fingerprint density at radius 1 is 1.53 bits per heavy atom. The molecule has 2 rings (SSSR count). The van der Waals surface area contributed by atoms with E-state index in [1.807, 2.05) is 10.7 Å². The number of hydrogen-bond acceptors (Lipinski definition) is 2. The monoisotopic (exact) mass is 236 g/mol. The van der Waals surface area contributed by atoms with E-state index < -0.39 is 5.60 Å². The van der Waals surface area contributed by atoms with Crippen LogP contribution in [0.25, 0.3) is 0 Å². The zero-order chi connectivity index (χ0) is 12.7. The summed E-state index contributed by atoms with van der Waals surface area (Å²) in [5.74, 6) is 0.296. The van der Waals surface area contributed by atoms with Gasteiger partial charge in [-0.05, 0) is 36.7 Å². The molecule has 1 aromatic heterocycles. The number of nitrogens with zero attached hydrogens (tertiary/aromatic N) is 2. The van der Waals surface area contributed by atoms with Crippen molar-refractivity contribution in [2.24, 2.45) is 11.3 Å². The Kier molecular flexibility index (Phi) is 3.06. The fraction of sp³-hybridized carbons (Fsp3) is 0.786. The van der Waals surface area contributed by atoms with Crippen LogP contribution in [0.3, 0.4) is 0 Å². The van der Waals surface area contributed by atoms with Crippen molar-refractivity contribution in [3.8, 4) is 0 Å². The minimum Gasteiger partial charge on any atom is -0.383 e. The summed E-state index contributed by atoms with van der Waals surface area (Å²) in [7, 11) is 0. The van der Waals surface area contributed by atoms with Gasteiger partial charge in [-0.15, -0.1) is 0 Å². The molecule has 2 atom stereocenters. The SMILES string of the molecule is CCCn1nccc1C1(O)CC(C)(C)CC1C. The predicted octanol–water partition coefficient (Wildman–Crippen LogP) is 2.94. The quantitative estimate of drug-likeness (QED) is 0.876. The molecule has 1 aromatic rings. The minimum absolute atomic E-state index is 0.218. The van der Waals surface area contributed by atoms with Crippen LogP contribution in [0, 0.1) is 11.3 Å². The van der Waals surface area contributed by atoms with E-state index in [2.05, 4.69) is 32.8 Å². The summed E-state index contributed by atoms with van der Waals surface area (Å²) in [5, 5.41) is 15.3. The molecule has 0 saturated heterocycles. The molecule has 0 bridgehead atoms. The second-order valence-corrected chi connectivity index (χ2v) is 6.31. The van der Waals surface area contributed by atoms with E-state index in [1.165, 1.54) is 0 Å². The van der Waals surface area contributed by atoms with Crippen molar-refractivity contribution in [3.05, 3.63) is 18.0 Å². The fourth-order valence-corrected chi connectivity index (χ4v) is 3.41. The summed E-state index contributed by atoms with van der Waals surface area (Å²) in [6, 6.07) is 1.98. The topological polar surface area (TPSA) is 38.0 Å². The van der Waals surface area contributed by atoms with Gasteiger partial charge in [-0.2, -0.15) is 5.10 Å². The van der Waals surface area contributed by atoms with Crippen LogP contribution in [0.15, 0.2) is 12.3 Å². The highest BCUT2D eigenvalue weighted by Crippen LogP contribution is 2.52. The molecule has 0 aliphatic heterocycles. The molecule has 2 unspecified atom stereocenters. The summed E-state index contributed by atoms with van der Waals surface area (Å²) in [6.07, 6.45) is 4.75. The molecule has 1 fully saturated rings. The molecular formula is C14H24N2O. The van der Waals surface area contributed by atoms with Crippen LogP contribution in [0.1, 0.15) is 52.7 Å². The normalized spacial score (nSPS) is 31.9. The molecule has 1 aliphatic rings. The maximum absolute atomic E-state index is 11.0. The average Bonchev–Trinajstić information content (AvgIpc) is 2.72. The van der Waals surface area contributed by atoms with E-state index in [9.17, 15) is 5.11 Å². The Hall–Kier alpha value is -0.830. The van der Waals surface area contributed by atoms with E-state index in [-0.39, 0.29) is 5.41 Å². The molecule has 0 radical (unpaired) electrons. The van der Waals surface area contributed by atoms with Gasteiger partial charge in [0.25, 0.3) is 0 Å². The van der Waals surface area contributed by atoms with E-state index in [0.717, 1.165) is 31.5 Å². The number of aromatic nitrogens is 2. The molecule has 0 aromatic carbocycles. The lowest BCUT2D eigenvalue weighted by molar-refractivity contribution is -0.00933. The van der Waals surface area contributed by atoms with Gasteiger partial charge in [-0.3, -0.25) is 4.68 Å². The number of aryl methyl sites for hydroxylation is 1. The van der Waals surface area contributed by atoms with Crippen LogP contribution >= 0.6 is 0 Å². The molecule has 1 aliphatic carbocycles. The Labute approximate surface area is 104 Å². The van der Waals surface area contributed by atoms with Crippen molar-refractivity contribution >= 4 is 0 Å². The highest BCUT2D eigenvalue weighted by atomic mass is 16.3. The molecule has 1 saturated carbocycles. The number of rotatable bonds is 3. The molecule has 3 heteroatoms. The van der Waals surface area contributed by atoms with Crippen LogP contribution in [0.5, 0.6) is 0 Å². The van der Waals surface area contributed by atoms with Crippen LogP contribution in [0.4, 0.5) is 0 Å². The van der Waals surface area contributed by atoms with Gasteiger partial charge in [-0.25, -0.2) is 0 Å². The van der Waals surface area contributed by atoms with Gasteiger partial charge in [0.1, 0.15) is 5.60 Å². The Morgan fingerprint density at radius 2 is 2.24 bits per heavy atom. The summed E-state index contributed by atoms with van der Waals surface area (Å²) >= 11 is 0. The third-order valence-corrected chi connectivity index (χ3v) is 4.02. The van der Waals surface area contributed by atoms with Crippen LogP contribution in [-0.2, 0) is 12.1 Å². The van der Waals surface area contributed by atoms with Crippen molar-refractivity contribution in [3.63, 3.8) is 0 Å². The average molecular weight is 236 g/mol. The molecule has 3 nitrogen and oxygen atoms in total. The Balaban J connectivity index is 2.35. The first-order valence-corrected chi connectivity index (χ1v) is 6.64. The molecule has 96 valence electrons. The van der Waals surface area contributed by atoms with Gasteiger partial charge < -0.3 is 5.11 Å². The van der Waals surface area contributed by atoms with Gasteiger partial charge in [0.15, 0.2) is 0 Å². The van der Waals surface area contributed by atoms with E-state index >= 15 is 0 Å². The lowest BCUT2D eigenvalue weighted by atomic mass is 9.87. The summed E-state index contributed by atoms with van der Waals surface area (Å²) < 4.78 is 1.97. The van der Waals surface area contributed by atoms with Crippen molar-refractivity contribution in [2.75, 3.05) is 0 Å². The summed E-state index contributed by atoms with van der Waals surface area (Å²) in [6.45, 7) is 9.65. The lowest BCUT2D eigenvalue weighted by Gasteiger charge is -2.29. The van der Waals surface area contributed by atoms with E-state index in [4.69, 9.17) is 0 Å². The third kappa shape index (κ3) is 2.13. The zero-order valence-corrected chi connectivity index (χ0v) is 11.4. The first kappa shape index (κ1) is 12.6. The fourth-order valence-electron chi connectivity index (χ4n) is 3.41. The molecule has 1 N–H and O–H groups in total. The van der Waals surface area contributed by atoms with Gasteiger partial charge >= 0.3 is 0 Å². The van der Waals surface area contributed by atoms with Crippen LogP contribution in [0.2, 0.25) is 0 Å². The highest BCUT2D eigenvalue weighted by Gasteiger charge is 2.49. The van der Waals surface area contributed by atoms with Crippen LogP contribution < -0.4 is 0 Å². The maximum atomic E-state index is 11.0.